The van der Waals surface area contributed by atoms with Gasteiger partial charge in [0.15, 0.2) is 0 Å². The summed E-state index contributed by atoms with van der Waals surface area (Å²) in [5.74, 6) is 0.856. The first-order chi connectivity index (χ1) is 14.2. The van der Waals surface area contributed by atoms with E-state index >= 15 is 0 Å². The molecule has 2 amide bonds. The molecule has 0 radical (unpaired) electrons. The van der Waals surface area contributed by atoms with E-state index < -0.39 is 0 Å². The zero-order chi connectivity index (χ0) is 20.5. The minimum atomic E-state index is -0.147. The van der Waals surface area contributed by atoms with Gasteiger partial charge in [-0.05, 0) is 30.5 Å². The molecule has 6 heteroatoms. The van der Waals surface area contributed by atoms with Crippen LogP contribution in [0.5, 0.6) is 5.75 Å². The fourth-order valence-corrected chi connectivity index (χ4v) is 3.69. The number of amides is 2. The summed E-state index contributed by atoms with van der Waals surface area (Å²) in [7, 11) is 1.67. The van der Waals surface area contributed by atoms with Crippen molar-refractivity contribution < 1.29 is 14.3 Å². The third kappa shape index (κ3) is 6.21. The van der Waals surface area contributed by atoms with E-state index in [1.807, 2.05) is 30.3 Å². The number of carbonyl (C=O) groups is 1. The molecule has 1 fully saturated rings. The summed E-state index contributed by atoms with van der Waals surface area (Å²) in [4.78, 5) is 14.7. The molecule has 6 nitrogen and oxygen atoms in total. The Bertz CT molecular complexity index is 776. The quantitative estimate of drug-likeness (QED) is 0.719. The average Bonchev–Trinajstić information content (AvgIpc) is 2.75. The summed E-state index contributed by atoms with van der Waals surface area (Å²) in [5.41, 5.74) is 3.49. The summed E-state index contributed by atoms with van der Waals surface area (Å²) in [6.07, 6.45) is 0.726. The van der Waals surface area contributed by atoms with Crippen molar-refractivity contribution in [2.24, 2.45) is 0 Å². The number of rotatable bonds is 8. The highest BCUT2D eigenvalue weighted by molar-refractivity contribution is 5.73. The van der Waals surface area contributed by atoms with Crippen LogP contribution in [0.15, 0.2) is 48.5 Å². The molecule has 1 aliphatic rings. The van der Waals surface area contributed by atoms with E-state index in [4.69, 9.17) is 9.47 Å². The van der Waals surface area contributed by atoms with Crippen molar-refractivity contribution in [1.29, 1.82) is 0 Å². The number of aryl methyl sites for hydroxylation is 1. The minimum absolute atomic E-state index is 0.141. The Labute approximate surface area is 173 Å². The second kappa shape index (κ2) is 10.8. The van der Waals surface area contributed by atoms with Crippen molar-refractivity contribution in [3.8, 4) is 5.75 Å². The lowest BCUT2D eigenvalue weighted by molar-refractivity contribution is 0.0167. The van der Waals surface area contributed by atoms with Crippen LogP contribution in [0.3, 0.4) is 0 Å². The molecule has 1 aliphatic heterocycles. The van der Waals surface area contributed by atoms with Gasteiger partial charge < -0.3 is 20.1 Å². The molecular weight excluding hydrogens is 366 g/mol. The van der Waals surface area contributed by atoms with Gasteiger partial charge in [-0.1, -0.05) is 48.0 Å². The molecule has 0 spiro atoms. The minimum Gasteiger partial charge on any atom is -0.496 e. The molecule has 156 valence electrons. The number of nitrogens with zero attached hydrogens (tertiary/aromatic N) is 1. The molecule has 29 heavy (non-hydrogen) atoms. The van der Waals surface area contributed by atoms with E-state index in [9.17, 15) is 4.79 Å². The van der Waals surface area contributed by atoms with E-state index in [1.54, 1.807) is 7.11 Å². The standard InChI is InChI=1S/C23H31N3O3/c1-18-8-9-22(28-2)20(16-18)10-11-24-23(27)25-17-21(19-6-4-3-5-7-19)26-12-14-29-15-13-26/h3-9,16,21H,10-15,17H2,1-2H3,(H2,24,25,27). The fourth-order valence-electron chi connectivity index (χ4n) is 3.69. The third-order valence-corrected chi connectivity index (χ3v) is 5.24. The Balaban J connectivity index is 1.52. The van der Waals surface area contributed by atoms with Gasteiger partial charge in [-0.25, -0.2) is 4.79 Å². The van der Waals surface area contributed by atoms with Gasteiger partial charge in [0.25, 0.3) is 0 Å². The molecule has 2 N–H and O–H groups in total. The zero-order valence-corrected chi connectivity index (χ0v) is 17.3. The fraction of sp³-hybridized carbons (Fsp3) is 0.435. The molecule has 0 bridgehead atoms. The van der Waals surface area contributed by atoms with Crippen LogP contribution in [0.2, 0.25) is 0 Å². The SMILES string of the molecule is COc1ccc(C)cc1CCNC(=O)NCC(c1ccccc1)N1CCOCC1. The molecule has 1 heterocycles. The molecule has 1 saturated heterocycles. The third-order valence-electron chi connectivity index (χ3n) is 5.24. The largest absolute Gasteiger partial charge is 0.496 e. The van der Waals surface area contributed by atoms with E-state index in [2.05, 4.69) is 40.7 Å². The summed E-state index contributed by atoms with van der Waals surface area (Å²) >= 11 is 0. The van der Waals surface area contributed by atoms with Gasteiger partial charge in [0, 0.05) is 26.2 Å². The number of nitrogens with one attached hydrogen (secondary N) is 2. The van der Waals surface area contributed by atoms with Crippen LogP contribution < -0.4 is 15.4 Å². The maximum atomic E-state index is 12.4. The molecule has 2 aromatic rings. The smallest absolute Gasteiger partial charge is 0.314 e. The lowest BCUT2D eigenvalue weighted by Gasteiger charge is -2.34. The van der Waals surface area contributed by atoms with Gasteiger partial charge in [0.1, 0.15) is 5.75 Å². The molecule has 3 rings (SSSR count). The molecule has 0 aliphatic carbocycles. The highest BCUT2D eigenvalue weighted by Gasteiger charge is 2.23. The van der Waals surface area contributed by atoms with E-state index in [0.717, 1.165) is 44.0 Å². The van der Waals surface area contributed by atoms with Crippen LogP contribution in [0, 0.1) is 6.92 Å². The Morgan fingerprint density at radius 1 is 1.14 bits per heavy atom. The first-order valence-electron chi connectivity index (χ1n) is 10.2. The van der Waals surface area contributed by atoms with Gasteiger partial charge in [-0.3, -0.25) is 4.90 Å². The number of hydrogen-bond donors (Lipinski definition) is 2. The Hall–Kier alpha value is -2.57. The number of ether oxygens (including phenoxy) is 2. The van der Waals surface area contributed by atoms with Crippen molar-refractivity contribution in [2.45, 2.75) is 19.4 Å². The predicted molar refractivity (Wildman–Crippen MR) is 114 cm³/mol. The van der Waals surface area contributed by atoms with Gasteiger partial charge in [0.2, 0.25) is 0 Å². The van der Waals surface area contributed by atoms with Crippen LogP contribution in [0.1, 0.15) is 22.7 Å². The van der Waals surface area contributed by atoms with Crippen LogP contribution in [-0.2, 0) is 11.2 Å². The maximum absolute atomic E-state index is 12.4. The van der Waals surface area contributed by atoms with E-state index in [-0.39, 0.29) is 12.1 Å². The number of methoxy groups -OCH3 is 1. The predicted octanol–water partition coefficient (Wildman–Crippen LogP) is 2.92. The highest BCUT2D eigenvalue weighted by Crippen LogP contribution is 2.21. The Morgan fingerprint density at radius 3 is 2.62 bits per heavy atom. The van der Waals surface area contributed by atoms with Gasteiger partial charge >= 0.3 is 6.03 Å². The number of morpholine rings is 1. The lowest BCUT2D eigenvalue weighted by atomic mass is 10.0. The highest BCUT2D eigenvalue weighted by atomic mass is 16.5. The molecule has 0 saturated carbocycles. The second-order valence-corrected chi connectivity index (χ2v) is 7.28. The van der Waals surface area contributed by atoms with Crippen LogP contribution in [0.4, 0.5) is 4.79 Å². The second-order valence-electron chi connectivity index (χ2n) is 7.28. The van der Waals surface area contributed by atoms with Crippen molar-refractivity contribution in [1.82, 2.24) is 15.5 Å². The summed E-state index contributed by atoms with van der Waals surface area (Å²) < 4.78 is 10.9. The van der Waals surface area contributed by atoms with Crippen LogP contribution in [-0.4, -0.2) is 57.4 Å². The molecular formula is C23H31N3O3. The first kappa shape index (κ1) is 21.1. The van der Waals surface area contributed by atoms with Crippen LogP contribution >= 0.6 is 0 Å². The molecule has 2 aromatic carbocycles. The Morgan fingerprint density at radius 2 is 1.90 bits per heavy atom. The topological polar surface area (TPSA) is 62.8 Å². The normalized spacial score (nSPS) is 15.5. The van der Waals surface area contributed by atoms with Crippen molar-refractivity contribution in [2.75, 3.05) is 46.5 Å². The number of hydrogen-bond acceptors (Lipinski definition) is 4. The van der Waals surface area contributed by atoms with Crippen molar-refractivity contribution in [3.63, 3.8) is 0 Å². The summed E-state index contributed by atoms with van der Waals surface area (Å²) in [6, 6.07) is 16.4. The van der Waals surface area contributed by atoms with E-state index in [0.29, 0.717) is 13.1 Å². The molecule has 0 aromatic heterocycles. The van der Waals surface area contributed by atoms with Gasteiger partial charge in [-0.15, -0.1) is 0 Å². The van der Waals surface area contributed by atoms with Gasteiger partial charge in [0.05, 0.1) is 26.4 Å². The number of carbonyl (C=O) groups excluding carboxylic acids is 1. The molecule has 1 atom stereocenters. The van der Waals surface area contributed by atoms with Crippen LogP contribution in [0.25, 0.3) is 0 Å². The van der Waals surface area contributed by atoms with Crippen molar-refractivity contribution >= 4 is 6.03 Å². The Kier molecular flexibility index (Phi) is 7.90. The first-order valence-corrected chi connectivity index (χ1v) is 10.2. The lowest BCUT2D eigenvalue weighted by Crippen LogP contribution is -2.46. The van der Waals surface area contributed by atoms with E-state index in [1.165, 1.54) is 11.1 Å². The maximum Gasteiger partial charge on any atom is 0.314 e. The monoisotopic (exact) mass is 397 g/mol. The molecule has 1 unspecified atom stereocenters. The summed E-state index contributed by atoms with van der Waals surface area (Å²) in [6.45, 7) is 6.37. The van der Waals surface area contributed by atoms with Gasteiger partial charge in [-0.2, -0.15) is 0 Å². The van der Waals surface area contributed by atoms with Crippen molar-refractivity contribution in [3.05, 3.63) is 65.2 Å². The average molecular weight is 398 g/mol. The summed E-state index contributed by atoms with van der Waals surface area (Å²) in [5, 5.41) is 6.00. The number of urea groups is 1. The number of benzene rings is 2. The zero-order valence-electron chi connectivity index (χ0n) is 17.3.